The van der Waals surface area contributed by atoms with Crippen molar-refractivity contribution < 1.29 is 27.1 Å². The molecule has 0 spiro atoms. The molecule has 0 saturated carbocycles. The predicted octanol–water partition coefficient (Wildman–Crippen LogP) is 6.01. The smallest absolute Gasteiger partial charge is 0.341 e. The molecular formula is C27H23FN2O5S2. The quantitative estimate of drug-likeness (QED) is 0.281. The van der Waals surface area contributed by atoms with E-state index in [0.29, 0.717) is 22.4 Å². The fourth-order valence-corrected chi connectivity index (χ4v) is 6.01. The molecule has 0 aliphatic heterocycles. The predicted molar refractivity (Wildman–Crippen MR) is 142 cm³/mol. The highest BCUT2D eigenvalue weighted by atomic mass is 32.2. The summed E-state index contributed by atoms with van der Waals surface area (Å²) in [6, 6.07) is 16.7. The molecule has 37 heavy (non-hydrogen) atoms. The number of hydrogen-bond donors (Lipinski definition) is 2. The van der Waals surface area contributed by atoms with Crippen LogP contribution in [0.15, 0.2) is 77.0 Å². The van der Waals surface area contributed by atoms with Crippen molar-refractivity contribution in [2.75, 3.05) is 17.1 Å². The summed E-state index contributed by atoms with van der Waals surface area (Å²) in [6.45, 7) is 3.53. The normalized spacial score (nSPS) is 11.1. The highest BCUT2D eigenvalue weighted by Gasteiger charge is 2.23. The SMILES string of the molecule is COC(=O)c1c(-c2ccc(F)cc2)csc1NC(=O)c1ccc(NS(=O)(=O)c2cc(C)ccc2C)cc1. The molecule has 190 valence electrons. The van der Waals surface area contributed by atoms with Gasteiger partial charge in [-0.15, -0.1) is 11.3 Å². The van der Waals surface area contributed by atoms with E-state index in [2.05, 4.69) is 10.0 Å². The van der Waals surface area contributed by atoms with Gasteiger partial charge < -0.3 is 10.1 Å². The van der Waals surface area contributed by atoms with E-state index in [1.165, 1.54) is 55.6 Å². The number of rotatable bonds is 7. The van der Waals surface area contributed by atoms with E-state index >= 15 is 0 Å². The van der Waals surface area contributed by atoms with E-state index in [4.69, 9.17) is 4.74 Å². The molecule has 0 atom stereocenters. The number of nitrogens with one attached hydrogen (secondary N) is 2. The second-order valence-electron chi connectivity index (χ2n) is 8.26. The van der Waals surface area contributed by atoms with Gasteiger partial charge in [0.25, 0.3) is 15.9 Å². The average molecular weight is 539 g/mol. The summed E-state index contributed by atoms with van der Waals surface area (Å²) in [7, 11) is -2.58. The first-order valence-corrected chi connectivity index (χ1v) is 13.4. The summed E-state index contributed by atoms with van der Waals surface area (Å²) < 4.78 is 46.5. The maximum absolute atomic E-state index is 13.3. The summed E-state index contributed by atoms with van der Waals surface area (Å²) in [4.78, 5) is 25.6. The van der Waals surface area contributed by atoms with Gasteiger partial charge in [0.2, 0.25) is 0 Å². The number of esters is 1. The Kier molecular flexibility index (Phi) is 7.42. The molecule has 0 aliphatic rings. The lowest BCUT2D eigenvalue weighted by Crippen LogP contribution is -2.16. The standard InChI is InChI=1S/C27H23FN2O5S2/c1-16-4-5-17(2)23(14-16)37(33,34)30-21-12-8-19(9-13-21)25(31)29-26-24(27(32)35-3)22(15-36-26)18-6-10-20(28)11-7-18/h4-15,30H,1-3H3,(H,29,31). The molecule has 0 aliphatic carbocycles. The number of hydrogen-bond acceptors (Lipinski definition) is 6. The third kappa shape index (κ3) is 5.71. The van der Waals surface area contributed by atoms with Gasteiger partial charge in [-0.2, -0.15) is 0 Å². The van der Waals surface area contributed by atoms with E-state index in [9.17, 15) is 22.4 Å². The lowest BCUT2D eigenvalue weighted by molar-refractivity contribution is 0.0603. The number of halogens is 1. The van der Waals surface area contributed by atoms with Crippen molar-refractivity contribution in [3.05, 3.63) is 100 Å². The Bertz CT molecular complexity index is 1580. The minimum Gasteiger partial charge on any atom is -0.465 e. The maximum atomic E-state index is 13.3. The molecule has 0 saturated heterocycles. The Hall–Kier alpha value is -4.02. The largest absolute Gasteiger partial charge is 0.465 e. The molecule has 1 aromatic heterocycles. The van der Waals surface area contributed by atoms with Crippen LogP contribution in [0, 0.1) is 19.7 Å². The fourth-order valence-electron chi connectivity index (χ4n) is 3.67. The van der Waals surface area contributed by atoms with Crippen molar-refractivity contribution in [1.29, 1.82) is 0 Å². The van der Waals surface area contributed by atoms with Crippen LogP contribution in [0.5, 0.6) is 0 Å². The molecule has 0 radical (unpaired) electrons. The molecular weight excluding hydrogens is 515 g/mol. The Morgan fingerprint density at radius 3 is 2.27 bits per heavy atom. The zero-order chi connectivity index (χ0) is 26.7. The van der Waals surface area contributed by atoms with E-state index < -0.39 is 27.7 Å². The maximum Gasteiger partial charge on any atom is 0.341 e. The fraction of sp³-hybridized carbons (Fsp3) is 0.111. The summed E-state index contributed by atoms with van der Waals surface area (Å²) in [5, 5.41) is 4.67. The third-order valence-corrected chi connectivity index (χ3v) is 8.01. The van der Waals surface area contributed by atoms with Crippen LogP contribution in [-0.2, 0) is 14.8 Å². The van der Waals surface area contributed by atoms with Crippen molar-refractivity contribution in [2.24, 2.45) is 0 Å². The van der Waals surface area contributed by atoms with Crippen LogP contribution in [0.4, 0.5) is 15.1 Å². The molecule has 0 fully saturated rings. The number of aryl methyl sites for hydroxylation is 2. The lowest BCUT2D eigenvalue weighted by Gasteiger charge is -2.12. The number of carbonyl (C=O) groups excluding carboxylic acids is 2. The number of sulfonamides is 1. The summed E-state index contributed by atoms with van der Waals surface area (Å²) >= 11 is 1.13. The number of methoxy groups -OCH3 is 1. The van der Waals surface area contributed by atoms with Gasteiger partial charge in [-0.3, -0.25) is 9.52 Å². The van der Waals surface area contributed by atoms with Crippen LogP contribution in [0.2, 0.25) is 0 Å². The first-order chi connectivity index (χ1) is 17.6. The van der Waals surface area contributed by atoms with Crippen molar-refractivity contribution in [3.63, 3.8) is 0 Å². The van der Waals surface area contributed by atoms with E-state index in [0.717, 1.165) is 16.9 Å². The second-order valence-corrected chi connectivity index (χ2v) is 10.8. The van der Waals surface area contributed by atoms with Crippen LogP contribution in [-0.4, -0.2) is 27.4 Å². The highest BCUT2D eigenvalue weighted by Crippen LogP contribution is 2.36. The van der Waals surface area contributed by atoms with Gasteiger partial charge in [-0.25, -0.2) is 17.6 Å². The molecule has 4 aromatic rings. The van der Waals surface area contributed by atoms with Gasteiger partial charge in [-0.1, -0.05) is 24.3 Å². The molecule has 10 heteroatoms. The van der Waals surface area contributed by atoms with Crippen molar-refractivity contribution in [1.82, 2.24) is 0 Å². The first kappa shape index (κ1) is 26.1. The van der Waals surface area contributed by atoms with E-state index in [1.54, 1.807) is 24.4 Å². The van der Waals surface area contributed by atoms with Crippen LogP contribution < -0.4 is 10.0 Å². The first-order valence-electron chi connectivity index (χ1n) is 11.1. The lowest BCUT2D eigenvalue weighted by atomic mass is 10.0. The van der Waals surface area contributed by atoms with Crippen LogP contribution >= 0.6 is 11.3 Å². The third-order valence-electron chi connectivity index (χ3n) is 5.60. The number of anilines is 2. The zero-order valence-corrected chi connectivity index (χ0v) is 21.8. The topological polar surface area (TPSA) is 102 Å². The average Bonchev–Trinajstić information content (AvgIpc) is 3.29. The number of benzene rings is 3. The number of ether oxygens (including phenoxy) is 1. The van der Waals surface area contributed by atoms with Crippen LogP contribution in [0.1, 0.15) is 31.8 Å². The second kappa shape index (κ2) is 10.5. The van der Waals surface area contributed by atoms with Crippen LogP contribution in [0.25, 0.3) is 11.1 Å². The monoisotopic (exact) mass is 538 g/mol. The number of thiophene rings is 1. The zero-order valence-electron chi connectivity index (χ0n) is 20.2. The van der Waals surface area contributed by atoms with Gasteiger partial charge >= 0.3 is 5.97 Å². The summed E-state index contributed by atoms with van der Waals surface area (Å²) in [6.07, 6.45) is 0. The Morgan fingerprint density at radius 1 is 0.946 bits per heavy atom. The van der Waals surface area contributed by atoms with Gasteiger partial charge in [0.15, 0.2) is 0 Å². The molecule has 0 bridgehead atoms. The molecule has 2 N–H and O–H groups in total. The number of amides is 1. The molecule has 0 unspecified atom stereocenters. The molecule has 1 amide bonds. The van der Waals surface area contributed by atoms with Gasteiger partial charge in [0, 0.05) is 22.2 Å². The molecule has 7 nitrogen and oxygen atoms in total. The van der Waals surface area contributed by atoms with Crippen molar-refractivity contribution >= 4 is 43.9 Å². The molecule has 1 heterocycles. The van der Waals surface area contributed by atoms with Gasteiger partial charge in [0.1, 0.15) is 16.4 Å². The summed E-state index contributed by atoms with van der Waals surface area (Å²) in [5.41, 5.74) is 3.24. The molecule has 4 rings (SSSR count). The van der Waals surface area contributed by atoms with Crippen LogP contribution in [0.3, 0.4) is 0 Å². The van der Waals surface area contributed by atoms with Crippen molar-refractivity contribution in [3.8, 4) is 11.1 Å². The Labute approximate surface area is 218 Å². The van der Waals surface area contributed by atoms with Gasteiger partial charge in [-0.05, 0) is 73.0 Å². The summed E-state index contributed by atoms with van der Waals surface area (Å²) in [5.74, 6) is -1.56. The molecule has 3 aromatic carbocycles. The number of carbonyl (C=O) groups is 2. The van der Waals surface area contributed by atoms with Crippen molar-refractivity contribution in [2.45, 2.75) is 18.7 Å². The van der Waals surface area contributed by atoms with Gasteiger partial charge in [0.05, 0.1) is 12.0 Å². The Balaban J connectivity index is 1.55. The minimum absolute atomic E-state index is 0.158. The highest BCUT2D eigenvalue weighted by molar-refractivity contribution is 7.92. The van der Waals surface area contributed by atoms with E-state index in [1.807, 2.05) is 13.0 Å². The Morgan fingerprint density at radius 2 is 1.62 bits per heavy atom. The van der Waals surface area contributed by atoms with E-state index in [-0.39, 0.29) is 21.0 Å². The minimum atomic E-state index is -3.82.